The van der Waals surface area contributed by atoms with E-state index in [2.05, 4.69) is 5.32 Å². The second-order valence-electron chi connectivity index (χ2n) is 4.69. The fourth-order valence-corrected chi connectivity index (χ4v) is 1.90. The quantitative estimate of drug-likeness (QED) is 0.766. The first-order valence-corrected chi connectivity index (χ1v) is 6.58. The molecule has 118 valence electrons. The molecule has 2 N–H and O–H groups in total. The highest BCUT2D eigenvalue weighted by Crippen LogP contribution is 2.12. The minimum Gasteiger partial charge on any atom is -0.395 e. The zero-order valence-electron chi connectivity index (χ0n) is 11.7. The van der Waals surface area contributed by atoms with E-state index in [1.807, 2.05) is 0 Å². The van der Waals surface area contributed by atoms with Crippen LogP contribution in [0.5, 0.6) is 0 Å². The van der Waals surface area contributed by atoms with Crippen LogP contribution < -0.4 is 5.32 Å². The number of amides is 1. The van der Waals surface area contributed by atoms with Crippen LogP contribution in [0.2, 0.25) is 0 Å². The van der Waals surface area contributed by atoms with E-state index in [0.29, 0.717) is 5.56 Å². The van der Waals surface area contributed by atoms with Crippen LogP contribution in [0, 0.1) is 5.82 Å². The zero-order valence-corrected chi connectivity index (χ0v) is 11.7. The normalized spacial score (nSPS) is 12.7. The predicted molar refractivity (Wildman–Crippen MR) is 72.5 cm³/mol. The number of halogens is 3. The molecule has 1 rings (SSSR count). The molecule has 0 aromatic heterocycles. The lowest BCUT2D eigenvalue weighted by Crippen LogP contribution is -2.41. The van der Waals surface area contributed by atoms with Gasteiger partial charge in [-0.25, -0.2) is 13.2 Å². The highest BCUT2D eigenvalue weighted by molar-refractivity contribution is 5.78. The van der Waals surface area contributed by atoms with E-state index in [-0.39, 0.29) is 31.6 Å². The first-order valence-electron chi connectivity index (χ1n) is 6.58. The average molecular weight is 304 g/mol. The van der Waals surface area contributed by atoms with Crippen molar-refractivity contribution in [2.45, 2.75) is 19.4 Å². The Morgan fingerprint density at radius 3 is 2.48 bits per heavy atom. The number of aliphatic hydroxyl groups excluding tert-OH is 1. The van der Waals surface area contributed by atoms with Gasteiger partial charge < -0.3 is 10.4 Å². The van der Waals surface area contributed by atoms with Gasteiger partial charge in [-0.3, -0.25) is 9.69 Å². The van der Waals surface area contributed by atoms with Crippen LogP contribution in [0.1, 0.15) is 18.5 Å². The van der Waals surface area contributed by atoms with Gasteiger partial charge in [-0.05, 0) is 24.6 Å². The average Bonchev–Trinajstić information content (AvgIpc) is 2.38. The Kier molecular flexibility index (Phi) is 7.18. The lowest BCUT2D eigenvalue weighted by molar-refractivity contribution is -0.123. The van der Waals surface area contributed by atoms with Crippen LogP contribution in [0.3, 0.4) is 0 Å². The van der Waals surface area contributed by atoms with Gasteiger partial charge in [0.05, 0.1) is 25.7 Å². The molecule has 0 fully saturated rings. The maximum absolute atomic E-state index is 12.8. The fraction of sp³-hybridized carbons (Fsp3) is 0.500. The Morgan fingerprint density at radius 2 is 1.95 bits per heavy atom. The topological polar surface area (TPSA) is 52.6 Å². The molecule has 1 atom stereocenters. The molecule has 7 heteroatoms. The minimum atomic E-state index is -2.57. The van der Waals surface area contributed by atoms with E-state index in [9.17, 15) is 18.0 Å². The number of carbonyl (C=O) groups is 1. The summed E-state index contributed by atoms with van der Waals surface area (Å²) in [5.74, 6) is -0.802. The SMILES string of the molecule is CC(NC(=O)CN(CCO)CC(F)F)c1ccc(F)cc1. The summed E-state index contributed by atoms with van der Waals surface area (Å²) in [4.78, 5) is 13.0. The van der Waals surface area contributed by atoms with Crippen molar-refractivity contribution in [1.29, 1.82) is 0 Å². The molecule has 0 bridgehead atoms. The Balaban J connectivity index is 2.52. The molecule has 4 nitrogen and oxygen atoms in total. The molecule has 0 spiro atoms. The second-order valence-corrected chi connectivity index (χ2v) is 4.69. The number of alkyl halides is 2. The van der Waals surface area contributed by atoms with Crippen molar-refractivity contribution < 1.29 is 23.1 Å². The van der Waals surface area contributed by atoms with Gasteiger partial charge >= 0.3 is 0 Å². The standard InChI is InChI=1S/C14H19F3N2O2/c1-10(11-2-4-12(15)5-3-11)18-14(21)9-19(6-7-20)8-13(16)17/h2-5,10,13,20H,6-9H2,1H3,(H,18,21). The van der Waals surface area contributed by atoms with Crippen LogP contribution in [0.15, 0.2) is 24.3 Å². The van der Waals surface area contributed by atoms with E-state index in [4.69, 9.17) is 5.11 Å². The van der Waals surface area contributed by atoms with Gasteiger partial charge in [-0.2, -0.15) is 0 Å². The van der Waals surface area contributed by atoms with Gasteiger partial charge in [-0.1, -0.05) is 12.1 Å². The first-order chi connectivity index (χ1) is 9.92. The minimum absolute atomic E-state index is 0.00267. The molecule has 0 saturated carbocycles. The molecule has 1 aromatic carbocycles. The Hall–Kier alpha value is -1.60. The highest BCUT2D eigenvalue weighted by atomic mass is 19.3. The first kappa shape index (κ1) is 17.5. The largest absolute Gasteiger partial charge is 0.395 e. The van der Waals surface area contributed by atoms with E-state index in [1.165, 1.54) is 17.0 Å². The molecule has 0 aliphatic heterocycles. The number of hydrogen-bond donors (Lipinski definition) is 2. The van der Waals surface area contributed by atoms with E-state index in [1.54, 1.807) is 19.1 Å². The Labute approximate surface area is 121 Å². The molecule has 21 heavy (non-hydrogen) atoms. The highest BCUT2D eigenvalue weighted by Gasteiger charge is 2.16. The second kappa shape index (κ2) is 8.63. The number of rotatable bonds is 8. The van der Waals surface area contributed by atoms with Crippen LogP contribution in [-0.2, 0) is 4.79 Å². The number of carbonyl (C=O) groups excluding carboxylic acids is 1. The van der Waals surface area contributed by atoms with Gasteiger partial charge in [0.15, 0.2) is 0 Å². The summed E-state index contributed by atoms with van der Waals surface area (Å²) in [6, 6.07) is 5.30. The molecule has 1 amide bonds. The zero-order chi connectivity index (χ0) is 15.8. The number of nitrogens with zero attached hydrogens (tertiary/aromatic N) is 1. The van der Waals surface area contributed by atoms with Crippen LogP contribution in [0.4, 0.5) is 13.2 Å². The van der Waals surface area contributed by atoms with Gasteiger partial charge in [0.2, 0.25) is 5.91 Å². The summed E-state index contributed by atoms with van der Waals surface area (Å²) >= 11 is 0. The maximum Gasteiger partial charge on any atom is 0.251 e. The maximum atomic E-state index is 12.8. The molecule has 1 unspecified atom stereocenters. The van der Waals surface area contributed by atoms with E-state index in [0.717, 1.165) is 0 Å². The smallest absolute Gasteiger partial charge is 0.251 e. The molecule has 0 heterocycles. The summed E-state index contributed by atoms with van der Waals surface area (Å²) in [6.45, 7) is 0.625. The summed E-state index contributed by atoms with van der Waals surface area (Å²) in [6.07, 6.45) is -2.57. The summed E-state index contributed by atoms with van der Waals surface area (Å²) in [5, 5.41) is 11.4. The fourth-order valence-electron chi connectivity index (χ4n) is 1.90. The molecule has 0 radical (unpaired) electrons. The molecular weight excluding hydrogens is 285 g/mol. The Morgan fingerprint density at radius 1 is 1.33 bits per heavy atom. The third kappa shape index (κ3) is 6.59. The van der Waals surface area contributed by atoms with Crippen molar-refractivity contribution in [3.8, 4) is 0 Å². The predicted octanol–water partition coefficient (Wildman–Crippen LogP) is 1.56. The summed E-state index contributed by atoms with van der Waals surface area (Å²) < 4.78 is 37.5. The molecule has 0 aliphatic carbocycles. The van der Waals surface area contributed by atoms with Gasteiger partial charge in [0.1, 0.15) is 5.82 Å². The van der Waals surface area contributed by atoms with Crippen LogP contribution >= 0.6 is 0 Å². The monoisotopic (exact) mass is 304 g/mol. The summed E-state index contributed by atoms with van der Waals surface area (Å²) in [5.41, 5.74) is 0.715. The van der Waals surface area contributed by atoms with Crippen LogP contribution in [-0.4, -0.2) is 48.6 Å². The van der Waals surface area contributed by atoms with Gasteiger partial charge in [0, 0.05) is 6.54 Å². The van der Waals surface area contributed by atoms with Crippen molar-refractivity contribution in [3.63, 3.8) is 0 Å². The van der Waals surface area contributed by atoms with Gasteiger partial charge in [0.25, 0.3) is 6.43 Å². The summed E-state index contributed by atoms with van der Waals surface area (Å²) in [7, 11) is 0. The van der Waals surface area contributed by atoms with Crippen molar-refractivity contribution in [1.82, 2.24) is 10.2 Å². The van der Waals surface area contributed by atoms with Crippen molar-refractivity contribution >= 4 is 5.91 Å². The van der Waals surface area contributed by atoms with Crippen molar-refractivity contribution in [2.24, 2.45) is 0 Å². The third-order valence-electron chi connectivity index (χ3n) is 2.93. The van der Waals surface area contributed by atoms with E-state index >= 15 is 0 Å². The van der Waals surface area contributed by atoms with Crippen molar-refractivity contribution in [2.75, 3.05) is 26.2 Å². The molecular formula is C14H19F3N2O2. The van der Waals surface area contributed by atoms with Crippen LogP contribution in [0.25, 0.3) is 0 Å². The third-order valence-corrected chi connectivity index (χ3v) is 2.93. The van der Waals surface area contributed by atoms with E-state index < -0.39 is 18.9 Å². The van der Waals surface area contributed by atoms with Crippen molar-refractivity contribution in [3.05, 3.63) is 35.6 Å². The van der Waals surface area contributed by atoms with Gasteiger partial charge in [-0.15, -0.1) is 0 Å². The lowest BCUT2D eigenvalue weighted by Gasteiger charge is -2.22. The number of benzene rings is 1. The number of aliphatic hydroxyl groups is 1. The Bertz CT molecular complexity index is 440. The molecule has 1 aromatic rings. The molecule has 0 saturated heterocycles. The lowest BCUT2D eigenvalue weighted by atomic mass is 10.1. The number of hydrogen-bond acceptors (Lipinski definition) is 3. The number of nitrogens with one attached hydrogen (secondary N) is 1. The molecule has 0 aliphatic rings.